The third-order valence-electron chi connectivity index (χ3n) is 3.47. The number of anilines is 2. The highest BCUT2D eigenvalue weighted by molar-refractivity contribution is 9.10. The Kier molecular flexibility index (Phi) is 3.48. The molecule has 0 bridgehead atoms. The van der Waals surface area contributed by atoms with E-state index in [2.05, 4.69) is 31.5 Å². The highest BCUT2D eigenvalue weighted by Crippen LogP contribution is 2.30. The second-order valence-corrected chi connectivity index (χ2v) is 5.85. The number of rotatable bonds is 3. The first-order chi connectivity index (χ1) is 9.63. The average Bonchev–Trinajstić information content (AvgIpc) is 2.83. The number of nitrogen functional groups attached to an aromatic ring is 1. The number of pyridine rings is 1. The molecule has 2 aromatic rings. The normalized spacial score (nSPS) is 18.2. The van der Waals surface area contributed by atoms with Crippen LogP contribution in [0.25, 0.3) is 10.9 Å². The molecule has 20 heavy (non-hydrogen) atoms. The predicted octanol–water partition coefficient (Wildman–Crippen LogP) is 2.27. The van der Waals surface area contributed by atoms with E-state index in [1.165, 1.54) is 0 Å². The molecule has 1 aromatic heterocycles. The van der Waals surface area contributed by atoms with Gasteiger partial charge in [0.2, 0.25) is 5.91 Å². The molecule has 1 saturated heterocycles. The highest BCUT2D eigenvalue weighted by Gasteiger charge is 2.20. The summed E-state index contributed by atoms with van der Waals surface area (Å²) in [5.41, 5.74) is 8.39. The van der Waals surface area contributed by atoms with Gasteiger partial charge < -0.3 is 16.4 Å². The van der Waals surface area contributed by atoms with Crippen molar-refractivity contribution in [2.45, 2.75) is 18.9 Å². The molecule has 2 heterocycles. The number of hydrogen-bond donors (Lipinski definition) is 3. The van der Waals surface area contributed by atoms with Crippen molar-refractivity contribution in [3.05, 3.63) is 28.9 Å². The fourth-order valence-electron chi connectivity index (χ4n) is 2.43. The van der Waals surface area contributed by atoms with Gasteiger partial charge in [-0.25, -0.2) is 0 Å². The standard InChI is InChI=1S/C14H15BrN4O/c15-8-1-3-12-10(5-8)14(11(16)7-17-12)18-6-9-2-4-13(20)19-9/h1,3,5,7,9H,2,4,6,16H2,(H,17,18)(H,19,20). The van der Waals surface area contributed by atoms with E-state index in [0.29, 0.717) is 18.7 Å². The lowest BCUT2D eigenvalue weighted by atomic mass is 10.1. The van der Waals surface area contributed by atoms with E-state index in [0.717, 1.165) is 27.5 Å². The number of halogens is 1. The molecule has 0 radical (unpaired) electrons. The zero-order chi connectivity index (χ0) is 14.1. The van der Waals surface area contributed by atoms with Gasteiger partial charge in [-0.2, -0.15) is 0 Å². The number of hydrogen-bond acceptors (Lipinski definition) is 4. The van der Waals surface area contributed by atoms with E-state index in [-0.39, 0.29) is 11.9 Å². The van der Waals surface area contributed by atoms with E-state index in [1.807, 2.05) is 18.2 Å². The second-order valence-electron chi connectivity index (χ2n) is 4.93. The van der Waals surface area contributed by atoms with Crippen molar-refractivity contribution in [3.63, 3.8) is 0 Å². The maximum atomic E-state index is 11.2. The quantitative estimate of drug-likeness (QED) is 0.804. The number of nitrogens with two attached hydrogens (primary N) is 1. The van der Waals surface area contributed by atoms with E-state index < -0.39 is 0 Å². The number of amides is 1. The fraction of sp³-hybridized carbons (Fsp3) is 0.286. The van der Waals surface area contributed by atoms with Gasteiger partial charge in [-0.15, -0.1) is 0 Å². The van der Waals surface area contributed by atoms with Crippen LogP contribution < -0.4 is 16.4 Å². The molecule has 6 heteroatoms. The number of nitrogens with one attached hydrogen (secondary N) is 2. The van der Waals surface area contributed by atoms with Crippen LogP contribution >= 0.6 is 15.9 Å². The van der Waals surface area contributed by atoms with Crippen LogP contribution in [0.2, 0.25) is 0 Å². The summed E-state index contributed by atoms with van der Waals surface area (Å²) < 4.78 is 0.981. The zero-order valence-electron chi connectivity index (χ0n) is 10.8. The highest BCUT2D eigenvalue weighted by atomic mass is 79.9. The summed E-state index contributed by atoms with van der Waals surface area (Å²) in [5, 5.41) is 7.26. The maximum absolute atomic E-state index is 11.2. The van der Waals surface area contributed by atoms with Crippen molar-refractivity contribution in [2.75, 3.05) is 17.6 Å². The van der Waals surface area contributed by atoms with Crippen LogP contribution in [-0.4, -0.2) is 23.5 Å². The summed E-state index contributed by atoms with van der Waals surface area (Å²) in [5.74, 6) is 0.118. The monoisotopic (exact) mass is 334 g/mol. The summed E-state index contributed by atoms with van der Waals surface area (Å²) >= 11 is 3.46. The molecule has 1 aromatic carbocycles. The van der Waals surface area contributed by atoms with Gasteiger partial charge in [0.15, 0.2) is 0 Å². The molecular formula is C14H15BrN4O. The Labute approximate surface area is 125 Å². The Morgan fingerprint density at radius 2 is 2.35 bits per heavy atom. The first kappa shape index (κ1) is 13.2. The summed E-state index contributed by atoms with van der Waals surface area (Å²) in [6, 6.07) is 6.06. The predicted molar refractivity (Wildman–Crippen MR) is 83.5 cm³/mol. The average molecular weight is 335 g/mol. The number of fused-ring (bicyclic) bond motifs is 1. The minimum atomic E-state index is 0.118. The minimum Gasteiger partial charge on any atom is -0.396 e. The topological polar surface area (TPSA) is 80.0 Å². The molecule has 1 fully saturated rings. The smallest absolute Gasteiger partial charge is 0.220 e. The van der Waals surface area contributed by atoms with Gasteiger partial charge in [0, 0.05) is 28.9 Å². The Morgan fingerprint density at radius 1 is 1.50 bits per heavy atom. The van der Waals surface area contributed by atoms with Crippen molar-refractivity contribution in [1.29, 1.82) is 0 Å². The number of benzene rings is 1. The molecule has 104 valence electrons. The molecule has 0 aliphatic carbocycles. The van der Waals surface area contributed by atoms with Crippen molar-refractivity contribution in [3.8, 4) is 0 Å². The van der Waals surface area contributed by atoms with Crippen LogP contribution in [0.15, 0.2) is 28.9 Å². The Hall–Kier alpha value is -1.82. The van der Waals surface area contributed by atoms with Gasteiger partial charge in [0.1, 0.15) is 0 Å². The van der Waals surface area contributed by atoms with E-state index in [9.17, 15) is 4.79 Å². The first-order valence-corrected chi connectivity index (χ1v) is 7.30. The Bertz CT molecular complexity index is 668. The minimum absolute atomic E-state index is 0.118. The summed E-state index contributed by atoms with van der Waals surface area (Å²) in [7, 11) is 0. The molecule has 0 spiro atoms. The number of aromatic nitrogens is 1. The lowest BCUT2D eigenvalue weighted by Gasteiger charge is -2.16. The molecule has 1 atom stereocenters. The lowest BCUT2D eigenvalue weighted by molar-refractivity contribution is -0.119. The molecule has 3 rings (SSSR count). The lowest BCUT2D eigenvalue weighted by Crippen LogP contribution is -2.32. The van der Waals surface area contributed by atoms with Crippen LogP contribution in [-0.2, 0) is 4.79 Å². The second kappa shape index (κ2) is 5.28. The van der Waals surface area contributed by atoms with Gasteiger partial charge in [0.05, 0.1) is 23.1 Å². The van der Waals surface area contributed by atoms with Gasteiger partial charge in [-0.1, -0.05) is 15.9 Å². The summed E-state index contributed by atoms with van der Waals surface area (Å²) in [6.07, 6.45) is 3.12. The van der Waals surface area contributed by atoms with Gasteiger partial charge >= 0.3 is 0 Å². The molecule has 5 nitrogen and oxygen atoms in total. The molecule has 1 amide bonds. The van der Waals surface area contributed by atoms with Gasteiger partial charge in [-0.3, -0.25) is 9.78 Å². The van der Waals surface area contributed by atoms with E-state index in [1.54, 1.807) is 6.20 Å². The third kappa shape index (κ3) is 2.56. The molecule has 0 saturated carbocycles. The largest absolute Gasteiger partial charge is 0.396 e. The van der Waals surface area contributed by atoms with Crippen molar-refractivity contribution >= 4 is 44.1 Å². The van der Waals surface area contributed by atoms with Crippen LogP contribution in [0.4, 0.5) is 11.4 Å². The summed E-state index contributed by atoms with van der Waals surface area (Å²) in [6.45, 7) is 0.668. The van der Waals surface area contributed by atoms with E-state index >= 15 is 0 Å². The molecule has 1 unspecified atom stereocenters. The third-order valence-corrected chi connectivity index (χ3v) is 3.96. The first-order valence-electron chi connectivity index (χ1n) is 6.50. The van der Waals surface area contributed by atoms with Gasteiger partial charge in [0.25, 0.3) is 0 Å². The van der Waals surface area contributed by atoms with Crippen molar-refractivity contribution in [2.24, 2.45) is 0 Å². The van der Waals surface area contributed by atoms with Crippen LogP contribution in [0.3, 0.4) is 0 Å². The molecule has 1 aliphatic heterocycles. The fourth-order valence-corrected chi connectivity index (χ4v) is 2.79. The van der Waals surface area contributed by atoms with Crippen LogP contribution in [0, 0.1) is 0 Å². The van der Waals surface area contributed by atoms with Crippen LogP contribution in [0.5, 0.6) is 0 Å². The molecule has 4 N–H and O–H groups in total. The maximum Gasteiger partial charge on any atom is 0.220 e. The van der Waals surface area contributed by atoms with Crippen molar-refractivity contribution < 1.29 is 4.79 Å². The van der Waals surface area contributed by atoms with Crippen LogP contribution in [0.1, 0.15) is 12.8 Å². The van der Waals surface area contributed by atoms with Gasteiger partial charge in [-0.05, 0) is 24.6 Å². The Balaban J connectivity index is 1.87. The number of nitrogens with zero attached hydrogens (tertiary/aromatic N) is 1. The summed E-state index contributed by atoms with van der Waals surface area (Å²) in [4.78, 5) is 15.5. The number of carbonyl (C=O) groups is 1. The molecular weight excluding hydrogens is 320 g/mol. The van der Waals surface area contributed by atoms with Crippen molar-refractivity contribution in [1.82, 2.24) is 10.3 Å². The number of carbonyl (C=O) groups excluding carboxylic acids is 1. The molecule has 1 aliphatic rings. The van der Waals surface area contributed by atoms with E-state index in [4.69, 9.17) is 5.73 Å². The SMILES string of the molecule is Nc1cnc2ccc(Br)cc2c1NCC1CCC(=O)N1. The Morgan fingerprint density at radius 3 is 3.10 bits per heavy atom. The zero-order valence-corrected chi connectivity index (χ0v) is 12.4.